The summed E-state index contributed by atoms with van der Waals surface area (Å²) >= 11 is 17.2. The van der Waals surface area contributed by atoms with Gasteiger partial charge in [-0.25, -0.2) is 4.39 Å². The van der Waals surface area contributed by atoms with Crippen LogP contribution >= 0.6 is 35.4 Å². The molecule has 96 valence electrons. The molecule has 0 radical (unpaired) electrons. The van der Waals surface area contributed by atoms with E-state index in [-0.39, 0.29) is 5.02 Å². The molecular formula is C13H7Cl2FN2S. The Balaban J connectivity index is 2.36. The maximum absolute atomic E-state index is 13.2. The van der Waals surface area contributed by atoms with E-state index in [2.05, 4.69) is 4.98 Å². The van der Waals surface area contributed by atoms with E-state index in [0.717, 1.165) is 11.0 Å². The van der Waals surface area contributed by atoms with Crippen LogP contribution < -0.4 is 0 Å². The summed E-state index contributed by atoms with van der Waals surface area (Å²) in [6.07, 6.45) is 0. The number of H-pyrrole nitrogens is 1. The van der Waals surface area contributed by atoms with Gasteiger partial charge in [0.25, 0.3) is 0 Å². The first-order valence-electron chi connectivity index (χ1n) is 5.42. The molecule has 0 saturated heterocycles. The molecule has 0 spiro atoms. The molecule has 0 aliphatic rings. The minimum atomic E-state index is -0.463. The van der Waals surface area contributed by atoms with Crippen molar-refractivity contribution in [2.45, 2.75) is 0 Å². The fourth-order valence-electron chi connectivity index (χ4n) is 1.98. The van der Waals surface area contributed by atoms with Gasteiger partial charge < -0.3 is 4.98 Å². The highest BCUT2D eigenvalue weighted by atomic mass is 35.5. The number of aromatic nitrogens is 2. The van der Waals surface area contributed by atoms with Gasteiger partial charge in [-0.2, -0.15) is 0 Å². The molecule has 0 amide bonds. The predicted octanol–water partition coefficient (Wildman–Crippen LogP) is 5.13. The van der Waals surface area contributed by atoms with E-state index < -0.39 is 5.82 Å². The van der Waals surface area contributed by atoms with Crippen molar-refractivity contribution in [3.63, 3.8) is 0 Å². The number of rotatable bonds is 1. The number of aromatic amines is 1. The first kappa shape index (κ1) is 12.7. The molecule has 1 N–H and O–H groups in total. The van der Waals surface area contributed by atoms with E-state index >= 15 is 0 Å². The van der Waals surface area contributed by atoms with Crippen molar-refractivity contribution < 1.29 is 4.39 Å². The summed E-state index contributed by atoms with van der Waals surface area (Å²) in [6, 6.07) is 9.94. The van der Waals surface area contributed by atoms with Crippen LogP contribution in [0, 0.1) is 10.6 Å². The van der Waals surface area contributed by atoms with Crippen molar-refractivity contribution in [2.75, 3.05) is 0 Å². The lowest BCUT2D eigenvalue weighted by Gasteiger charge is -2.05. The van der Waals surface area contributed by atoms with Gasteiger partial charge in [0.1, 0.15) is 5.82 Å². The van der Waals surface area contributed by atoms with Crippen LogP contribution in [0.1, 0.15) is 0 Å². The Labute approximate surface area is 123 Å². The third kappa shape index (κ3) is 2.06. The molecule has 6 heteroatoms. The molecule has 0 saturated carbocycles. The smallest absolute Gasteiger partial charge is 0.182 e. The van der Waals surface area contributed by atoms with Crippen molar-refractivity contribution in [1.82, 2.24) is 9.55 Å². The zero-order valence-electron chi connectivity index (χ0n) is 9.45. The van der Waals surface area contributed by atoms with Crippen molar-refractivity contribution >= 4 is 46.5 Å². The zero-order chi connectivity index (χ0) is 13.6. The van der Waals surface area contributed by atoms with E-state index in [1.54, 1.807) is 16.7 Å². The molecule has 0 bridgehead atoms. The fourth-order valence-corrected chi connectivity index (χ4v) is 2.67. The molecule has 2 aromatic carbocycles. The van der Waals surface area contributed by atoms with Crippen LogP contribution in [0.5, 0.6) is 0 Å². The third-order valence-electron chi connectivity index (χ3n) is 2.83. The summed E-state index contributed by atoms with van der Waals surface area (Å²) in [5.41, 5.74) is 2.25. The van der Waals surface area contributed by atoms with Crippen LogP contribution in [0.3, 0.4) is 0 Å². The number of imidazole rings is 1. The van der Waals surface area contributed by atoms with Gasteiger partial charge in [-0.05, 0) is 42.5 Å². The van der Waals surface area contributed by atoms with Gasteiger partial charge in [-0.3, -0.25) is 4.57 Å². The highest BCUT2D eigenvalue weighted by Crippen LogP contribution is 2.27. The molecule has 2 nitrogen and oxygen atoms in total. The number of hydrogen-bond acceptors (Lipinski definition) is 1. The highest BCUT2D eigenvalue weighted by Gasteiger charge is 2.10. The van der Waals surface area contributed by atoms with Crippen LogP contribution in [0.25, 0.3) is 16.7 Å². The molecule has 19 heavy (non-hydrogen) atoms. The Morgan fingerprint density at radius 1 is 1.11 bits per heavy atom. The van der Waals surface area contributed by atoms with Gasteiger partial charge in [0, 0.05) is 0 Å². The number of fused-ring (bicyclic) bond motifs is 1. The highest BCUT2D eigenvalue weighted by molar-refractivity contribution is 7.71. The van der Waals surface area contributed by atoms with Gasteiger partial charge in [0.2, 0.25) is 0 Å². The predicted molar refractivity (Wildman–Crippen MR) is 78.4 cm³/mol. The van der Waals surface area contributed by atoms with Crippen molar-refractivity contribution in [3.8, 4) is 5.69 Å². The normalized spacial score (nSPS) is 11.1. The first-order chi connectivity index (χ1) is 9.08. The molecular weight excluding hydrogens is 306 g/mol. The molecule has 3 aromatic rings. The van der Waals surface area contributed by atoms with E-state index in [4.69, 9.17) is 35.4 Å². The number of halogens is 3. The van der Waals surface area contributed by atoms with Gasteiger partial charge in [0.15, 0.2) is 4.77 Å². The van der Waals surface area contributed by atoms with Crippen molar-refractivity contribution in [3.05, 3.63) is 57.0 Å². The summed E-state index contributed by atoms with van der Waals surface area (Å²) < 4.78 is 15.5. The van der Waals surface area contributed by atoms with Crippen LogP contribution in [0.2, 0.25) is 10.0 Å². The van der Waals surface area contributed by atoms with Crippen molar-refractivity contribution in [2.24, 2.45) is 0 Å². The number of para-hydroxylation sites is 1. The van der Waals surface area contributed by atoms with Gasteiger partial charge in [0.05, 0.1) is 26.8 Å². The Bertz CT molecular complexity index is 838. The number of nitrogens with one attached hydrogen (secondary N) is 1. The molecule has 0 fully saturated rings. The summed E-state index contributed by atoms with van der Waals surface area (Å²) in [4.78, 5) is 3.04. The quantitative estimate of drug-likeness (QED) is 0.617. The largest absolute Gasteiger partial charge is 0.329 e. The zero-order valence-corrected chi connectivity index (χ0v) is 11.8. The molecule has 1 aromatic heterocycles. The first-order valence-corrected chi connectivity index (χ1v) is 6.59. The van der Waals surface area contributed by atoms with E-state index in [0.29, 0.717) is 15.5 Å². The minimum absolute atomic E-state index is 0.0516. The molecule has 0 aliphatic carbocycles. The molecule has 0 atom stereocenters. The standard InChI is InChI=1S/C13H7Cl2FN2S/c14-8-2-1-3-11-12(8)17-13(19)18(11)7-4-5-10(16)9(15)6-7/h1-6H,(H,17,19). The molecule has 3 rings (SSSR count). The topological polar surface area (TPSA) is 20.7 Å². The number of nitrogens with zero attached hydrogens (tertiary/aromatic N) is 1. The Kier molecular flexibility index (Phi) is 3.09. The van der Waals surface area contributed by atoms with E-state index in [1.165, 1.54) is 12.1 Å². The maximum atomic E-state index is 13.2. The van der Waals surface area contributed by atoms with E-state index in [1.807, 2.05) is 12.1 Å². The fraction of sp³-hybridized carbons (Fsp3) is 0. The second-order valence-corrected chi connectivity index (χ2v) is 5.20. The lowest BCUT2D eigenvalue weighted by atomic mass is 10.2. The average Bonchev–Trinajstić information content (AvgIpc) is 2.71. The van der Waals surface area contributed by atoms with Gasteiger partial charge >= 0.3 is 0 Å². The number of benzene rings is 2. The second-order valence-electron chi connectivity index (χ2n) is 4.00. The maximum Gasteiger partial charge on any atom is 0.182 e. The average molecular weight is 313 g/mol. The third-order valence-corrected chi connectivity index (χ3v) is 3.72. The summed E-state index contributed by atoms with van der Waals surface area (Å²) in [7, 11) is 0. The van der Waals surface area contributed by atoms with Crippen LogP contribution in [-0.4, -0.2) is 9.55 Å². The SMILES string of the molecule is Fc1ccc(-n2c(=S)[nH]c3c(Cl)cccc32)cc1Cl. The van der Waals surface area contributed by atoms with Crippen LogP contribution in [0.15, 0.2) is 36.4 Å². The Morgan fingerprint density at radius 3 is 2.63 bits per heavy atom. The van der Waals surface area contributed by atoms with Gasteiger partial charge in [-0.1, -0.05) is 29.3 Å². The monoisotopic (exact) mass is 312 g/mol. The molecule has 0 unspecified atom stereocenters. The molecule has 0 aliphatic heterocycles. The van der Waals surface area contributed by atoms with E-state index in [9.17, 15) is 4.39 Å². The Morgan fingerprint density at radius 2 is 1.89 bits per heavy atom. The number of hydrogen-bond donors (Lipinski definition) is 1. The summed E-state index contributed by atoms with van der Waals surface area (Å²) in [6.45, 7) is 0. The Hall–Kier alpha value is -1.36. The van der Waals surface area contributed by atoms with Crippen molar-refractivity contribution in [1.29, 1.82) is 0 Å². The second kappa shape index (κ2) is 4.63. The van der Waals surface area contributed by atoms with Crippen LogP contribution in [0.4, 0.5) is 4.39 Å². The molecule has 1 heterocycles. The van der Waals surface area contributed by atoms with Gasteiger partial charge in [-0.15, -0.1) is 0 Å². The van der Waals surface area contributed by atoms with Crippen LogP contribution in [-0.2, 0) is 0 Å². The summed E-state index contributed by atoms with van der Waals surface area (Å²) in [5, 5.41) is 0.631. The lowest BCUT2D eigenvalue weighted by molar-refractivity contribution is 0.628. The lowest BCUT2D eigenvalue weighted by Crippen LogP contribution is -1.94. The minimum Gasteiger partial charge on any atom is -0.329 e. The summed E-state index contributed by atoms with van der Waals surface area (Å²) in [5.74, 6) is -0.463.